The van der Waals surface area contributed by atoms with Gasteiger partial charge in [0.2, 0.25) is 5.91 Å². The number of nitrogens with zero attached hydrogens (tertiary/aromatic N) is 3. The van der Waals surface area contributed by atoms with Gasteiger partial charge in [0.05, 0.1) is 30.1 Å². The van der Waals surface area contributed by atoms with Crippen molar-refractivity contribution in [3.8, 4) is 0 Å². The second-order valence-corrected chi connectivity index (χ2v) is 10.3. The van der Waals surface area contributed by atoms with Gasteiger partial charge in [-0.2, -0.15) is 0 Å². The first-order chi connectivity index (χ1) is 16.0. The molecule has 0 aliphatic carbocycles. The zero-order valence-corrected chi connectivity index (χ0v) is 21.4. The number of thiazole rings is 1. The van der Waals surface area contributed by atoms with Crippen LogP contribution in [0.4, 0.5) is 5.13 Å². The lowest BCUT2D eigenvalue weighted by Gasteiger charge is -2.06. The minimum atomic E-state index is -0.513. The van der Waals surface area contributed by atoms with Crippen molar-refractivity contribution < 1.29 is 23.9 Å². The molecule has 1 N–H and O–H groups in total. The van der Waals surface area contributed by atoms with Gasteiger partial charge < -0.3 is 14.8 Å². The number of carbonyl (C=O) groups excluding carboxylic acids is 3. The summed E-state index contributed by atoms with van der Waals surface area (Å²) in [5.41, 5.74) is 0.479. The van der Waals surface area contributed by atoms with Gasteiger partial charge in [-0.3, -0.25) is 14.2 Å². The van der Waals surface area contributed by atoms with Gasteiger partial charge in [-0.25, -0.2) is 19.6 Å². The van der Waals surface area contributed by atoms with Crippen molar-refractivity contribution >= 4 is 55.9 Å². The van der Waals surface area contributed by atoms with Gasteiger partial charge in [-0.05, 0) is 39.2 Å². The number of fused-ring (bicyclic) bond motifs is 1. The Kier molecular flexibility index (Phi) is 7.82. The molecule has 0 atom stereocenters. The molecule has 1 amide bonds. The number of amides is 1. The van der Waals surface area contributed by atoms with Crippen molar-refractivity contribution in [2.45, 2.75) is 54.2 Å². The third-order valence-electron chi connectivity index (χ3n) is 4.54. The summed E-state index contributed by atoms with van der Waals surface area (Å²) < 4.78 is 11.6. The Hall–Kier alpha value is -3.12. The van der Waals surface area contributed by atoms with Crippen LogP contribution < -0.4 is 10.9 Å². The van der Waals surface area contributed by atoms with E-state index in [9.17, 15) is 19.2 Å². The van der Waals surface area contributed by atoms with Gasteiger partial charge in [-0.1, -0.05) is 25.2 Å². The van der Waals surface area contributed by atoms with Crippen LogP contribution in [0.15, 0.2) is 11.1 Å². The number of carbonyl (C=O) groups is 3. The lowest BCUT2D eigenvalue weighted by Crippen LogP contribution is -2.27. The van der Waals surface area contributed by atoms with Crippen molar-refractivity contribution in [1.29, 1.82) is 0 Å². The Balaban J connectivity index is 1.76. The fraction of sp³-hybridized carbons (Fsp3) is 0.455. The van der Waals surface area contributed by atoms with Crippen molar-refractivity contribution in [2.75, 3.05) is 11.9 Å². The Morgan fingerprint density at radius 1 is 1.09 bits per heavy atom. The summed E-state index contributed by atoms with van der Waals surface area (Å²) in [6, 6.07) is 0. The molecule has 0 fully saturated rings. The minimum Gasteiger partial charge on any atom is -0.461 e. The molecule has 0 aromatic carbocycles. The number of rotatable bonds is 8. The average Bonchev–Trinajstić information content (AvgIpc) is 3.27. The van der Waals surface area contributed by atoms with Gasteiger partial charge in [0, 0.05) is 0 Å². The molecule has 0 aliphatic rings. The SMILES string of the molecule is Cc1nc(NC(=O)Cn2cnc3sc(C(=O)OC(C)C)c(C)c3c2=O)sc1C(=O)OCC(C)C. The summed E-state index contributed by atoms with van der Waals surface area (Å²) in [6.07, 6.45) is 0.969. The van der Waals surface area contributed by atoms with E-state index >= 15 is 0 Å². The second-order valence-electron chi connectivity index (χ2n) is 8.34. The monoisotopic (exact) mass is 506 g/mol. The van der Waals surface area contributed by atoms with Gasteiger partial charge in [0.25, 0.3) is 5.56 Å². The van der Waals surface area contributed by atoms with E-state index in [0.29, 0.717) is 25.8 Å². The summed E-state index contributed by atoms with van der Waals surface area (Å²) in [6.45, 7) is 10.6. The lowest BCUT2D eigenvalue weighted by atomic mass is 10.2. The van der Waals surface area contributed by atoms with Gasteiger partial charge in [-0.15, -0.1) is 11.3 Å². The van der Waals surface area contributed by atoms with Gasteiger partial charge >= 0.3 is 11.9 Å². The van der Waals surface area contributed by atoms with Crippen LogP contribution in [0.5, 0.6) is 0 Å². The summed E-state index contributed by atoms with van der Waals surface area (Å²) in [5.74, 6) is -1.31. The Labute approximate surface area is 203 Å². The van der Waals surface area contributed by atoms with Crippen molar-refractivity contribution in [1.82, 2.24) is 14.5 Å². The highest BCUT2D eigenvalue weighted by atomic mass is 32.1. The molecular weight excluding hydrogens is 480 g/mol. The highest BCUT2D eigenvalue weighted by molar-refractivity contribution is 7.20. The quantitative estimate of drug-likeness (QED) is 0.459. The van der Waals surface area contributed by atoms with Crippen molar-refractivity contribution in [3.63, 3.8) is 0 Å². The van der Waals surface area contributed by atoms with Gasteiger partial charge in [0.1, 0.15) is 21.1 Å². The Morgan fingerprint density at radius 2 is 1.79 bits per heavy atom. The van der Waals surface area contributed by atoms with E-state index in [1.807, 2.05) is 13.8 Å². The number of hydrogen-bond acceptors (Lipinski definition) is 10. The third kappa shape index (κ3) is 5.68. The maximum Gasteiger partial charge on any atom is 0.350 e. The number of hydrogen-bond donors (Lipinski definition) is 1. The van der Waals surface area contributed by atoms with Crippen LogP contribution in [0.2, 0.25) is 0 Å². The van der Waals surface area contributed by atoms with Crippen LogP contribution in [0.1, 0.15) is 58.3 Å². The molecule has 10 nitrogen and oxygen atoms in total. The van der Waals surface area contributed by atoms with E-state index in [1.165, 1.54) is 6.33 Å². The van der Waals surface area contributed by atoms with Crippen LogP contribution >= 0.6 is 22.7 Å². The molecule has 3 aromatic heterocycles. The smallest absolute Gasteiger partial charge is 0.350 e. The average molecular weight is 507 g/mol. The van der Waals surface area contributed by atoms with E-state index in [0.717, 1.165) is 27.2 Å². The molecule has 0 unspecified atom stereocenters. The highest BCUT2D eigenvalue weighted by Crippen LogP contribution is 2.28. The second kappa shape index (κ2) is 10.4. The molecule has 12 heteroatoms. The van der Waals surface area contributed by atoms with Crippen LogP contribution in [0, 0.1) is 19.8 Å². The van der Waals surface area contributed by atoms with Crippen LogP contribution in [0.3, 0.4) is 0 Å². The van der Waals surface area contributed by atoms with Crippen LogP contribution in [-0.4, -0.2) is 45.1 Å². The number of thiophene rings is 1. The van der Waals surface area contributed by atoms with Crippen LogP contribution in [-0.2, 0) is 20.8 Å². The molecule has 182 valence electrons. The lowest BCUT2D eigenvalue weighted by molar-refractivity contribution is -0.116. The standard InChI is InChI=1S/C22H26N4O6S2/c1-10(2)8-31-20(29)17-13(6)24-22(34-17)25-14(27)7-26-9-23-18-15(19(26)28)12(5)16(33-18)21(30)32-11(3)4/h9-11H,7-8H2,1-6H3,(H,24,25,27). The molecular formula is C22H26N4O6S2. The predicted molar refractivity (Wildman–Crippen MR) is 130 cm³/mol. The summed E-state index contributed by atoms with van der Waals surface area (Å²) in [7, 11) is 0. The fourth-order valence-electron chi connectivity index (χ4n) is 2.99. The molecule has 0 saturated heterocycles. The number of esters is 2. The number of aromatic nitrogens is 3. The van der Waals surface area contributed by atoms with Crippen molar-refractivity contribution in [2.24, 2.45) is 5.92 Å². The fourth-order valence-corrected chi connectivity index (χ4v) is 4.89. The molecule has 0 bridgehead atoms. The summed E-state index contributed by atoms with van der Waals surface area (Å²) in [5, 5.41) is 3.11. The molecule has 0 saturated carbocycles. The predicted octanol–water partition coefficient (Wildman–Crippen LogP) is 3.55. The van der Waals surface area contributed by atoms with E-state index in [-0.39, 0.29) is 35.7 Å². The highest BCUT2D eigenvalue weighted by Gasteiger charge is 2.22. The summed E-state index contributed by atoms with van der Waals surface area (Å²) in [4.78, 5) is 59.6. The molecule has 3 rings (SSSR count). The first kappa shape index (κ1) is 25.5. The third-order valence-corrected chi connectivity index (χ3v) is 6.77. The largest absolute Gasteiger partial charge is 0.461 e. The Bertz CT molecular complexity index is 1300. The minimum absolute atomic E-state index is 0.199. The molecule has 3 aromatic rings. The molecule has 0 aliphatic heterocycles. The first-order valence-electron chi connectivity index (χ1n) is 10.6. The summed E-state index contributed by atoms with van der Waals surface area (Å²) >= 11 is 2.09. The molecule has 0 radical (unpaired) electrons. The van der Waals surface area contributed by atoms with Gasteiger partial charge in [0.15, 0.2) is 5.13 Å². The normalized spacial score (nSPS) is 11.3. The first-order valence-corrected chi connectivity index (χ1v) is 12.2. The van der Waals surface area contributed by atoms with E-state index in [1.54, 1.807) is 27.7 Å². The van der Waals surface area contributed by atoms with E-state index in [2.05, 4.69) is 15.3 Å². The zero-order chi connectivity index (χ0) is 25.2. The van der Waals surface area contributed by atoms with E-state index in [4.69, 9.17) is 9.47 Å². The van der Waals surface area contributed by atoms with E-state index < -0.39 is 23.4 Å². The molecule has 3 heterocycles. The maximum absolute atomic E-state index is 13.0. The Morgan fingerprint density at radius 3 is 2.44 bits per heavy atom. The number of anilines is 1. The molecule has 0 spiro atoms. The molecule has 34 heavy (non-hydrogen) atoms. The van der Waals surface area contributed by atoms with Crippen LogP contribution in [0.25, 0.3) is 10.2 Å². The zero-order valence-electron chi connectivity index (χ0n) is 19.8. The topological polar surface area (TPSA) is 129 Å². The number of ether oxygens (including phenoxy) is 2. The number of nitrogens with one attached hydrogen (secondary N) is 1. The van der Waals surface area contributed by atoms with Crippen molar-refractivity contribution in [3.05, 3.63) is 37.7 Å². The maximum atomic E-state index is 13.0. The number of aryl methyl sites for hydroxylation is 2.